The van der Waals surface area contributed by atoms with Crippen molar-refractivity contribution in [2.24, 2.45) is 0 Å². The maximum Gasteiger partial charge on any atom is 0.244 e. The lowest BCUT2D eigenvalue weighted by atomic mass is 10.0. The molecule has 3 rings (SSSR count). The van der Waals surface area contributed by atoms with Crippen LogP contribution in [-0.4, -0.2) is 50.0 Å². The number of carbonyl (C=O) groups is 2. The average molecular weight is 645 g/mol. The molecule has 0 fully saturated rings. The van der Waals surface area contributed by atoms with Crippen molar-refractivity contribution in [2.45, 2.75) is 38.9 Å². The summed E-state index contributed by atoms with van der Waals surface area (Å²) < 4.78 is 26.6. The first-order chi connectivity index (χ1) is 18.8. The molecular weight excluding hydrogens is 616 g/mol. The van der Waals surface area contributed by atoms with Crippen LogP contribution in [0.2, 0.25) is 20.1 Å². The predicted molar refractivity (Wildman–Crippen MR) is 163 cm³/mol. The Morgan fingerprint density at radius 3 is 2.02 bits per heavy atom. The smallest absolute Gasteiger partial charge is 0.244 e. The van der Waals surface area contributed by atoms with E-state index in [1.54, 1.807) is 18.2 Å². The second-order valence-electron chi connectivity index (χ2n) is 9.46. The van der Waals surface area contributed by atoms with Crippen molar-refractivity contribution >= 4 is 73.9 Å². The van der Waals surface area contributed by atoms with Gasteiger partial charge in [0, 0.05) is 34.6 Å². The van der Waals surface area contributed by atoms with Crippen LogP contribution in [0.15, 0.2) is 66.7 Å². The molecule has 0 aliphatic carbocycles. The lowest BCUT2D eigenvalue weighted by molar-refractivity contribution is -0.140. The topological polar surface area (TPSA) is 86.8 Å². The van der Waals surface area contributed by atoms with Crippen molar-refractivity contribution in [3.8, 4) is 0 Å². The summed E-state index contributed by atoms with van der Waals surface area (Å²) in [6.45, 7) is 2.87. The molecule has 0 unspecified atom stereocenters. The third kappa shape index (κ3) is 8.51. The number of benzene rings is 3. The predicted octanol–water partition coefficient (Wildman–Crippen LogP) is 6.23. The number of sulfonamides is 1. The molecule has 0 aromatic heterocycles. The molecule has 214 valence electrons. The number of hydrogen-bond donors (Lipinski definition) is 1. The largest absolute Gasteiger partial charge is 0.352 e. The Balaban J connectivity index is 2.11. The van der Waals surface area contributed by atoms with Gasteiger partial charge < -0.3 is 10.2 Å². The summed E-state index contributed by atoms with van der Waals surface area (Å²) in [5.41, 5.74) is 1.38. The number of nitrogens with one attached hydrogen (secondary N) is 1. The van der Waals surface area contributed by atoms with Crippen LogP contribution in [0.1, 0.15) is 25.0 Å². The van der Waals surface area contributed by atoms with E-state index in [1.165, 1.54) is 23.1 Å². The molecule has 1 atom stereocenters. The number of anilines is 1. The molecule has 40 heavy (non-hydrogen) atoms. The first kappa shape index (κ1) is 32.0. The van der Waals surface area contributed by atoms with Crippen molar-refractivity contribution in [1.29, 1.82) is 0 Å². The minimum atomic E-state index is -3.96. The van der Waals surface area contributed by atoms with Gasteiger partial charge in [-0.3, -0.25) is 13.9 Å². The standard InChI is InChI=1S/C28H29Cl4N3O4S/c1-18(2)33-28(37)26(14-19-8-5-4-6-9-19)34(16-21-22(29)10-7-11-23(21)30)27(36)17-35(40(3,38)39)20-12-13-24(31)25(32)15-20/h4-13,15,18,26H,14,16-17H2,1-3H3,(H,33,37)/t26-/m1/s1. The summed E-state index contributed by atoms with van der Waals surface area (Å²) in [7, 11) is -3.96. The Morgan fingerprint density at radius 1 is 0.850 bits per heavy atom. The Bertz CT molecular complexity index is 1450. The minimum absolute atomic E-state index is 0.123. The van der Waals surface area contributed by atoms with Gasteiger partial charge in [-0.05, 0) is 49.7 Å². The molecule has 3 aromatic carbocycles. The van der Waals surface area contributed by atoms with E-state index >= 15 is 0 Å². The van der Waals surface area contributed by atoms with Crippen LogP contribution in [0.3, 0.4) is 0 Å². The molecule has 7 nitrogen and oxygen atoms in total. The molecule has 0 heterocycles. The van der Waals surface area contributed by atoms with E-state index in [2.05, 4.69) is 5.32 Å². The number of rotatable bonds is 11. The average Bonchev–Trinajstić information content (AvgIpc) is 2.87. The maximum atomic E-state index is 14.1. The number of amides is 2. The molecule has 2 amide bonds. The second kappa shape index (κ2) is 13.9. The zero-order chi connectivity index (χ0) is 29.6. The van der Waals surface area contributed by atoms with Crippen molar-refractivity contribution < 1.29 is 18.0 Å². The highest BCUT2D eigenvalue weighted by Crippen LogP contribution is 2.30. The first-order valence-electron chi connectivity index (χ1n) is 12.3. The zero-order valence-electron chi connectivity index (χ0n) is 22.1. The third-order valence-corrected chi connectivity index (χ3v) is 8.55. The van der Waals surface area contributed by atoms with Gasteiger partial charge in [0.1, 0.15) is 12.6 Å². The van der Waals surface area contributed by atoms with Gasteiger partial charge in [0.15, 0.2) is 0 Å². The molecule has 0 radical (unpaired) electrons. The molecule has 0 aliphatic heterocycles. The minimum Gasteiger partial charge on any atom is -0.352 e. The highest BCUT2D eigenvalue weighted by molar-refractivity contribution is 7.92. The molecule has 0 aliphatic rings. The number of nitrogens with zero attached hydrogens (tertiary/aromatic N) is 2. The lowest BCUT2D eigenvalue weighted by Gasteiger charge is -2.34. The molecular formula is C28H29Cl4N3O4S. The van der Waals surface area contributed by atoms with Gasteiger partial charge in [0.05, 0.1) is 22.0 Å². The van der Waals surface area contributed by atoms with E-state index in [4.69, 9.17) is 46.4 Å². The van der Waals surface area contributed by atoms with Crippen LogP contribution < -0.4 is 9.62 Å². The first-order valence-corrected chi connectivity index (χ1v) is 15.6. The fourth-order valence-corrected chi connectivity index (χ4v) is 5.69. The SMILES string of the molecule is CC(C)NC(=O)[C@@H](Cc1ccccc1)N(Cc1c(Cl)cccc1Cl)C(=O)CN(c1ccc(Cl)c(Cl)c1)S(C)(=O)=O. The Hall–Kier alpha value is -2.49. The van der Waals surface area contributed by atoms with Gasteiger partial charge in [-0.1, -0.05) is 82.8 Å². The normalized spacial score (nSPS) is 12.2. The van der Waals surface area contributed by atoms with E-state index < -0.39 is 34.4 Å². The number of halogens is 4. The van der Waals surface area contributed by atoms with E-state index in [-0.39, 0.29) is 34.7 Å². The summed E-state index contributed by atoms with van der Waals surface area (Å²) in [5.74, 6) is -1.05. The van der Waals surface area contributed by atoms with Gasteiger partial charge in [-0.15, -0.1) is 0 Å². The fourth-order valence-electron chi connectivity index (χ4n) is 4.04. The summed E-state index contributed by atoms with van der Waals surface area (Å²) in [4.78, 5) is 28.9. The second-order valence-corrected chi connectivity index (χ2v) is 13.0. The van der Waals surface area contributed by atoms with Crippen LogP contribution in [0.25, 0.3) is 0 Å². The Morgan fingerprint density at radius 2 is 1.48 bits per heavy atom. The monoisotopic (exact) mass is 643 g/mol. The van der Waals surface area contributed by atoms with Gasteiger partial charge in [0.25, 0.3) is 0 Å². The van der Waals surface area contributed by atoms with Gasteiger partial charge in [0.2, 0.25) is 21.8 Å². The molecule has 1 N–H and O–H groups in total. The molecule has 3 aromatic rings. The van der Waals surface area contributed by atoms with E-state index in [1.807, 2.05) is 44.2 Å². The van der Waals surface area contributed by atoms with Crippen LogP contribution in [0.4, 0.5) is 5.69 Å². The quantitative estimate of drug-likeness (QED) is 0.268. The van der Waals surface area contributed by atoms with Gasteiger partial charge in [-0.2, -0.15) is 0 Å². The van der Waals surface area contributed by atoms with Gasteiger partial charge >= 0.3 is 0 Å². The summed E-state index contributed by atoms with van der Waals surface area (Å²) in [6.07, 6.45) is 1.14. The fraction of sp³-hybridized carbons (Fsp3) is 0.286. The number of carbonyl (C=O) groups excluding carboxylic acids is 2. The summed E-state index contributed by atoms with van der Waals surface area (Å²) in [6, 6.07) is 17.2. The highest BCUT2D eigenvalue weighted by Gasteiger charge is 2.34. The molecule has 0 bridgehead atoms. The van der Waals surface area contributed by atoms with Crippen LogP contribution in [0, 0.1) is 0 Å². The summed E-state index contributed by atoms with van der Waals surface area (Å²) in [5, 5.41) is 3.84. The van der Waals surface area contributed by atoms with Crippen molar-refractivity contribution in [1.82, 2.24) is 10.2 Å². The molecule has 0 spiro atoms. The van der Waals surface area contributed by atoms with Crippen LogP contribution in [0.5, 0.6) is 0 Å². The van der Waals surface area contributed by atoms with E-state index in [0.29, 0.717) is 15.6 Å². The Labute approximate surface area is 255 Å². The van der Waals surface area contributed by atoms with Crippen molar-refractivity contribution in [3.63, 3.8) is 0 Å². The van der Waals surface area contributed by atoms with Crippen molar-refractivity contribution in [2.75, 3.05) is 17.1 Å². The maximum absolute atomic E-state index is 14.1. The van der Waals surface area contributed by atoms with E-state index in [9.17, 15) is 18.0 Å². The summed E-state index contributed by atoms with van der Waals surface area (Å²) >= 11 is 25.1. The van der Waals surface area contributed by atoms with Crippen LogP contribution >= 0.6 is 46.4 Å². The molecule has 12 heteroatoms. The van der Waals surface area contributed by atoms with Gasteiger partial charge in [-0.25, -0.2) is 8.42 Å². The Kier molecular flexibility index (Phi) is 11.1. The lowest BCUT2D eigenvalue weighted by Crippen LogP contribution is -2.54. The van der Waals surface area contributed by atoms with Crippen LogP contribution in [-0.2, 0) is 32.6 Å². The third-order valence-electron chi connectivity index (χ3n) is 5.96. The molecule has 0 saturated heterocycles. The highest BCUT2D eigenvalue weighted by atomic mass is 35.5. The van der Waals surface area contributed by atoms with E-state index in [0.717, 1.165) is 16.1 Å². The molecule has 0 saturated carbocycles. The number of hydrogen-bond acceptors (Lipinski definition) is 4. The zero-order valence-corrected chi connectivity index (χ0v) is 25.9. The van der Waals surface area contributed by atoms with Crippen molar-refractivity contribution in [3.05, 3.63) is 97.9 Å².